The number of carbonyl (C=O) groups is 2. The summed E-state index contributed by atoms with van der Waals surface area (Å²) in [5.41, 5.74) is 0. The van der Waals surface area contributed by atoms with E-state index in [9.17, 15) is 19.0 Å². The summed E-state index contributed by atoms with van der Waals surface area (Å²) in [5.74, 6) is -0.778. The molecule has 0 aromatic rings. The predicted molar refractivity (Wildman–Crippen MR) is 263 cm³/mol. The van der Waals surface area contributed by atoms with Gasteiger partial charge in [-0.3, -0.25) is 18.6 Å². The van der Waals surface area contributed by atoms with Gasteiger partial charge >= 0.3 is 19.8 Å². The Morgan fingerprint density at radius 3 is 0.887 bits per heavy atom. The molecule has 0 spiro atoms. The highest BCUT2D eigenvalue weighted by molar-refractivity contribution is 7.47. The van der Waals surface area contributed by atoms with Crippen LogP contribution >= 0.6 is 7.82 Å². The van der Waals surface area contributed by atoms with Crippen LogP contribution in [0.25, 0.3) is 0 Å². The fourth-order valence-corrected chi connectivity index (χ4v) is 8.89. The Bertz CT molecular complexity index is 977. The molecule has 0 radical (unpaired) electrons. The molecular formula is C53H105O8P. The Labute approximate surface area is 385 Å². The molecule has 0 aliphatic carbocycles. The minimum absolute atomic E-state index is 0.215. The van der Waals surface area contributed by atoms with Crippen LogP contribution in [0.2, 0.25) is 0 Å². The van der Waals surface area contributed by atoms with Gasteiger partial charge < -0.3 is 14.4 Å². The topological polar surface area (TPSA) is 108 Å². The number of phosphoric acid groups is 1. The van der Waals surface area contributed by atoms with Crippen molar-refractivity contribution in [3.8, 4) is 0 Å². The van der Waals surface area contributed by atoms with Crippen molar-refractivity contribution >= 4 is 19.8 Å². The number of ether oxygens (including phenoxy) is 2. The zero-order valence-corrected chi connectivity index (χ0v) is 42.5. The Hall–Kier alpha value is -0.950. The van der Waals surface area contributed by atoms with E-state index in [2.05, 4.69) is 18.4 Å². The van der Waals surface area contributed by atoms with Crippen molar-refractivity contribution in [1.29, 1.82) is 0 Å². The first-order valence-corrected chi connectivity index (χ1v) is 28.7. The highest BCUT2D eigenvalue weighted by Gasteiger charge is 2.24. The maximum atomic E-state index is 12.6. The maximum absolute atomic E-state index is 12.6. The summed E-state index contributed by atoms with van der Waals surface area (Å²) in [5, 5.41) is 0. The van der Waals surface area contributed by atoms with Crippen molar-refractivity contribution in [3.05, 3.63) is 0 Å². The lowest BCUT2D eigenvalue weighted by Crippen LogP contribution is -2.29. The van der Waals surface area contributed by atoms with E-state index in [1.54, 1.807) is 0 Å². The number of hydrogen-bond acceptors (Lipinski definition) is 7. The van der Waals surface area contributed by atoms with Crippen LogP contribution < -0.4 is 0 Å². The van der Waals surface area contributed by atoms with E-state index in [1.807, 2.05) is 0 Å². The van der Waals surface area contributed by atoms with Crippen LogP contribution in [-0.2, 0) is 32.7 Å². The second-order valence-corrected chi connectivity index (χ2v) is 20.3. The molecule has 62 heavy (non-hydrogen) atoms. The predicted octanol–water partition coefficient (Wildman–Crippen LogP) is 17.8. The minimum atomic E-state index is -4.26. The van der Waals surface area contributed by atoms with E-state index in [1.165, 1.54) is 238 Å². The van der Waals surface area contributed by atoms with E-state index < -0.39 is 19.9 Å². The SMILES string of the molecule is CCCCCCCCCCCCCCCCCCCCCCCCC(=O)OC(COC(=O)CCCCCCCCCCCCCCCCCCCCCCC)COP(=O)(O)OC. The molecule has 0 aliphatic rings. The first-order valence-electron chi connectivity index (χ1n) is 27.2. The van der Waals surface area contributed by atoms with Crippen molar-refractivity contribution in [2.24, 2.45) is 0 Å². The lowest BCUT2D eigenvalue weighted by Gasteiger charge is -2.19. The monoisotopic (exact) mass is 901 g/mol. The second-order valence-electron chi connectivity index (χ2n) is 18.7. The molecule has 2 unspecified atom stereocenters. The molecule has 0 rings (SSSR count). The molecule has 0 aromatic heterocycles. The fraction of sp³-hybridized carbons (Fsp3) is 0.962. The third-order valence-electron chi connectivity index (χ3n) is 12.6. The first kappa shape index (κ1) is 61.0. The third-order valence-corrected chi connectivity index (χ3v) is 13.5. The molecule has 0 bridgehead atoms. The number of hydrogen-bond donors (Lipinski definition) is 1. The van der Waals surface area contributed by atoms with Crippen LogP contribution in [0.3, 0.4) is 0 Å². The van der Waals surface area contributed by atoms with E-state index in [-0.39, 0.29) is 25.6 Å². The summed E-state index contributed by atoms with van der Waals surface area (Å²) in [6, 6.07) is 0. The van der Waals surface area contributed by atoms with Crippen LogP contribution in [0.4, 0.5) is 0 Å². The zero-order valence-electron chi connectivity index (χ0n) is 41.6. The van der Waals surface area contributed by atoms with Crippen LogP contribution in [-0.4, -0.2) is 43.3 Å². The van der Waals surface area contributed by atoms with Crippen molar-refractivity contribution in [1.82, 2.24) is 0 Å². The molecule has 2 atom stereocenters. The molecule has 0 aromatic carbocycles. The van der Waals surface area contributed by atoms with E-state index in [0.717, 1.165) is 45.6 Å². The second kappa shape index (κ2) is 49.5. The molecule has 0 heterocycles. The van der Waals surface area contributed by atoms with Gasteiger partial charge in [0.25, 0.3) is 0 Å². The Kier molecular flexibility index (Phi) is 48.7. The van der Waals surface area contributed by atoms with E-state index in [0.29, 0.717) is 6.42 Å². The standard InChI is InChI=1S/C53H105O8P/c1-4-6-8-10-12-14-16-18-20-22-24-26-28-30-32-34-36-38-40-42-44-46-48-53(55)61-51(50-60-62(56,57)58-3)49-59-52(54)47-45-43-41-39-37-35-33-31-29-27-25-23-21-19-17-15-13-11-9-7-5-2/h51H,4-50H2,1-3H3,(H,56,57). The minimum Gasteiger partial charge on any atom is -0.462 e. The molecule has 8 nitrogen and oxygen atoms in total. The average Bonchev–Trinajstić information content (AvgIpc) is 3.26. The Morgan fingerprint density at radius 1 is 0.387 bits per heavy atom. The lowest BCUT2D eigenvalue weighted by atomic mass is 10.0. The highest BCUT2D eigenvalue weighted by atomic mass is 31.2. The van der Waals surface area contributed by atoms with Crippen LogP contribution in [0, 0.1) is 0 Å². The zero-order chi connectivity index (χ0) is 45.3. The first-order chi connectivity index (χ1) is 30.3. The fourth-order valence-electron chi connectivity index (χ4n) is 8.43. The summed E-state index contributed by atoms with van der Waals surface area (Å²) >= 11 is 0. The summed E-state index contributed by atoms with van der Waals surface area (Å²) in [6.45, 7) is 3.96. The summed E-state index contributed by atoms with van der Waals surface area (Å²) < 4.78 is 32.2. The summed E-state index contributed by atoms with van der Waals surface area (Å²) in [4.78, 5) is 34.7. The molecule has 0 aliphatic heterocycles. The Balaban J connectivity index is 3.80. The highest BCUT2D eigenvalue weighted by Crippen LogP contribution is 2.42. The van der Waals surface area contributed by atoms with Gasteiger partial charge in [0.2, 0.25) is 0 Å². The van der Waals surface area contributed by atoms with Gasteiger partial charge in [-0.05, 0) is 12.8 Å². The van der Waals surface area contributed by atoms with Crippen LogP contribution in [0.5, 0.6) is 0 Å². The van der Waals surface area contributed by atoms with Gasteiger partial charge in [0.1, 0.15) is 6.61 Å². The van der Waals surface area contributed by atoms with Crippen molar-refractivity contribution in [2.45, 2.75) is 309 Å². The van der Waals surface area contributed by atoms with Crippen LogP contribution in [0.1, 0.15) is 303 Å². The lowest BCUT2D eigenvalue weighted by molar-refractivity contribution is -0.161. The molecular weight excluding hydrogens is 796 g/mol. The summed E-state index contributed by atoms with van der Waals surface area (Å²) in [6.07, 6.45) is 56.1. The van der Waals surface area contributed by atoms with Gasteiger partial charge in [-0.1, -0.05) is 277 Å². The van der Waals surface area contributed by atoms with Gasteiger partial charge in [-0.25, -0.2) is 4.57 Å². The number of rotatable bonds is 52. The third kappa shape index (κ3) is 48.5. The summed E-state index contributed by atoms with van der Waals surface area (Å²) in [7, 11) is -3.19. The molecule has 370 valence electrons. The van der Waals surface area contributed by atoms with Crippen molar-refractivity contribution < 1.29 is 37.6 Å². The van der Waals surface area contributed by atoms with Gasteiger partial charge in [0, 0.05) is 20.0 Å². The quantitative estimate of drug-likeness (QED) is 0.0365. The van der Waals surface area contributed by atoms with Crippen molar-refractivity contribution in [3.63, 3.8) is 0 Å². The number of carbonyl (C=O) groups excluding carboxylic acids is 2. The molecule has 0 amide bonds. The van der Waals surface area contributed by atoms with Gasteiger partial charge in [-0.15, -0.1) is 0 Å². The number of unbranched alkanes of at least 4 members (excludes halogenated alkanes) is 41. The average molecular weight is 901 g/mol. The number of phosphoric ester groups is 1. The van der Waals surface area contributed by atoms with Gasteiger partial charge in [0.15, 0.2) is 6.10 Å². The molecule has 0 saturated carbocycles. The van der Waals surface area contributed by atoms with E-state index in [4.69, 9.17) is 14.0 Å². The largest absolute Gasteiger partial charge is 0.472 e. The molecule has 0 saturated heterocycles. The molecule has 1 N–H and O–H groups in total. The molecule has 0 fully saturated rings. The normalized spacial score (nSPS) is 13.0. The van der Waals surface area contributed by atoms with Crippen LogP contribution in [0.15, 0.2) is 0 Å². The Morgan fingerprint density at radius 2 is 0.629 bits per heavy atom. The molecule has 9 heteroatoms. The van der Waals surface area contributed by atoms with Crippen molar-refractivity contribution in [2.75, 3.05) is 20.3 Å². The maximum Gasteiger partial charge on any atom is 0.472 e. The smallest absolute Gasteiger partial charge is 0.462 e. The van der Waals surface area contributed by atoms with Gasteiger partial charge in [-0.2, -0.15) is 0 Å². The van der Waals surface area contributed by atoms with E-state index >= 15 is 0 Å². The number of esters is 2. The van der Waals surface area contributed by atoms with Gasteiger partial charge in [0.05, 0.1) is 6.61 Å².